The van der Waals surface area contributed by atoms with Crippen LogP contribution in [-0.2, 0) is 4.79 Å². The van der Waals surface area contributed by atoms with Gasteiger partial charge in [0.2, 0.25) is 5.91 Å². The molecule has 2 aliphatic rings. The summed E-state index contributed by atoms with van der Waals surface area (Å²) in [5.41, 5.74) is 0. The Morgan fingerprint density at radius 2 is 2.10 bits per heavy atom. The molecule has 0 N–H and O–H groups in total. The van der Waals surface area contributed by atoms with Crippen LogP contribution in [-0.4, -0.2) is 58.5 Å². The van der Waals surface area contributed by atoms with E-state index in [9.17, 15) is 4.79 Å². The molecule has 0 unspecified atom stereocenters. The molecule has 108 valence electrons. The Hall–Kier alpha value is -1.30. The maximum atomic E-state index is 12.6. The minimum absolute atomic E-state index is 0.119. The van der Waals surface area contributed by atoms with E-state index in [4.69, 9.17) is 0 Å². The summed E-state index contributed by atoms with van der Waals surface area (Å²) in [6.07, 6.45) is 7.23. The van der Waals surface area contributed by atoms with Crippen LogP contribution >= 0.6 is 11.8 Å². The van der Waals surface area contributed by atoms with E-state index < -0.39 is 0 Å². The van der Waals surface area contributed by atoms with Gasteiger partial charge < -0.3 is 9.80 Å². The average Bonchev–Trinajstić information content (AvgIpc) is 2.56. The Bertz CT molecular complexity index is 450. The zero-order valence-corrected chi connectivity index (χ0v) is 12.4. The normalized spacial score (nSPS) is 23.7. The SMILES string of the molecule is O=C([C@@H]1CCCN(c2cnccn2)C1)N1CCSCC1. The standard InChI is InChI=1S/C14H20N4OS/c19-14(17-6-8-20-9-7-17)12-2-1-5-18(11-12)13-10-15-3-4-16-13/h3-4,10,12H,1-2,5-9,11H2/t12-/m1/s1. The number of carbonyl (C=O) groups is 1. The molecule has 1 amide bonds. The van der Waals surface area contributed by atoms with E-state index in [1.165, 1.54) is 0 Å². The van der Waals surface area contributed by atoms with Crippen molar-refractivity contribution in [1.82, 2.24) is 14.9 Å². The van der Waals surface area contributed by atoms with Gasteiger partial charge in [0.1, 0.15) is 5.82 Å². The molecule has 0 aromatic carbocycles. The van der Waals surface area contributed by atoms with Crippen LogP contribution in [0.15, 0.2) is 18.6 Å². The van der Waals surface area contributed by atoms with E-state index in [0.29, 0.717) is 5.91 Å². The van der Waals surface area contributed by atoms with E-state index in [-0.39, 0.29) is 5.92 Å². The van der Waals surface area contributed by atoms with Gasteiger partial charge in [-0.05, 0) is 12.8 Å². The van der Waals surface area contributed by atoms with Gasteiger partial charge in [-0.15, -0.1) is 0 Å². The molecular weight excluding hydrogens is 272 g/mol. The predicted octanol–water partition coefficient (Wildman–Crippen LogP) is 1.27. The van der Waals surface area contributed by atoms with E-state index in [1.54, 1.807) is 18.6 Å². The Morgan fingerprint density at radius 1 is 1.25 bits per heavy atom. The van der Waals surface area contributed by atoms with Gasteiger partial charge in [0.05, 0.1) is 12.1 Å². The molecule has 6 heteroatoms. The van der Waals surface area contributed by atoms with Crippen molar-refractivity contribution in [3.05, 3.63) is 18.6 Å². The van der Waals surface area contributed by atoms with Gasteiger partial charge in [0.25, 0.3) is 0 Å². The van der Waals surface area contributed by atoms with E-state index in [0.717, 1.165) is 56.3 Å². The zero-order valence-electron chi connectivity index (χ0n) is 11.6. The topological polar surface area (TPSA) is 49.3 Å². The lowest BCUT2D eigenvalue weighted by atomic mass is 9.96. The smallest absolute Gasteiger partial charge is 0.227 e. The number of rotatable bonds is 2. The predicted molar refractivity (Wildman–Crippen MR) is 80.9 cm³/mol. The number of aromatic nitrogens is 2. The number of hydrogen-bond acceptors (Lipinski definition) is 5. The highest BCUT2D eigenvalue weighted by Gasteiger charge is 2.30. The Labute approximate surface area is 123 Å². The molecule has 5 nitrogen and oxygen atoms in total. The highest BCUT2D eigenvalue weighted by atomic mass is 32.2. The molecule has 1 aromatic heterocycles. The molecule has 0 saturated carbocycles. The van der Waals surface area contributed by atoms with E-state index >= 15 is 0 Å². The van der Waals surface area contributed by atoms with Gasteiger partial charge in [0, 0.05) is 50.1 Å². The summed E-state index contributed by atoms with van der Waals surface area (Å²) in [7, 11) is 0. The Balaban J connectivity index is 1.64. The maximum absolute atomic E-state index is 12.6. The number of hydrogen-bond donors (Lipinski definition) is 0. The molecule has 2 fully saturated rings. The van der Waals surface area contributed by atoms with Crippen molar-refractivity contribution < 1.29 is 4.79 Å². The molecule has 1 aromatic rings. The monoisotopic (exact) mass is 292 g/mol. The summed E-state index contributed by atoms with van der Waals surface area (Å²) < 4.78 is 0. The Morgan fingerprint density at radius 3 is 2.85 bits per heavy atom. The van der Waals surface area contributed by atoms with Crippen molar-refractivity contribution in [2.75, 3.05) is 42.6 Å². The van der Waals surface area contributed by atoms with Gasteiger partial charge in [-0.3, -0.25) is 9.78 Å². The highest BCUT2D eigenvalue weighted by molar-refractivity contribution is 7.99. The lowest BCUT2D eigenvalue weighted by Crippen LogP contribution is -2.47. The number of thioether (sulfide) groups is 1. The van der Waals surface area contributed by atoms with Crippen LogP contribution in [0, 0.1) is 5.92 Å². The van der Waals surface area contributed by atoms with Gasteiger partial charge in [-0.2, -0.15) is 11.8 Å². The van der Waals surface area contributed by atoms with Crippen LogP contribution < -0.4 is 4.90 Å². The molecule has 2 saturated heterocycles. The second-order valence-electron chi connectivity index (χ2n) is 5.29. The third kappa shape index (κ3) is 3.06. The average molecular weight is 292 g/mol. The van der Waals surface area contributed by atoms with Crippen LogP contribution in [0.2, 0.25) is 0 Å². The molecule has 20 heavy (non-hydrogen) atoms. The van der Waals surface area contributed by atoms with Gasteiger partial charge in [-0.25, -0.2) is 4.98 Å². The molecular formula is C14H20N4OS. The van der Waals surface area contributed by atoms with Crippen molar-refractivity contribution >= 4 is 23.5 Å². The number of piperidine rings is 1. The molecule has 0 radical (unpaired) electrons. The molecule has 0 aliphatic carbocycles. The fourth-order valence-electron chi connectivity index (χ4n) is 2.88. The number of carbonyl (C=O) groups excluding carboxylic acids is 1. The van der Waals surface area contributed by atoms with E-state index in [1.807, 2.05) is 16.7 Å². The molecule has 1 atom stereocenters. The number of nitrogens with zero attached hydrogens (tertiary/aromatic N) is 4. The van der Waals surface area contributed by atoms with Gasteiger partial charge in [0.15, 0.2) is 0 Å². The minimum atomic E-state index is 0.119. The molecule has 0 spiro atoms. The van der Waals surface area contributed by atoms with Crippen molar-refractivity contribution in [1.29, 1.82) is 0 Å². The van der Waals surface area contributed by atoms with Crippen LogP contribution in [0.25, 0.3) is 0 Å². The summed E-state index contributed by atoms with van der Waals surface area (Å²) in [6, 6.07) is 0. The lowest BCUT2D eigenvalue weighted by molar-refractivity contribution is -0.135. The van der Waals surface area contributed by atoms with E-state index in [2.05, 4.69) is 14.9 Å². The fourth-order valence-corrected chi connectivity index (χ4v) is 3.79. The first kappa shape index (κ1) is 13.7. The highest BCUT2D eigenvalue weighted by Crippen LogP contribution is 2.23. The Kier molecular flexibility index (Phi) is 4.40. The quantitative estimate of drug-likeness (QED) is 0.821. The second kappa shape index (κ2) is 6.43. The maximum Gasteiger partial charge on any atom is 0.227 e. The summed E-state index contributed by atoms with van der Waals surface area (Å²) in [5.74, 6) is 3.49. The molecule has 0 bridgehead atoms. The first-order valence-electron chi connectivity index (χ1n) is 7.22. The fraction of sp³-hybridized carbons (Fsp3) is 0.643. The number of amides is 1. The third-order valence-corrected chi connectivity index (χ3v) is 4.91. The minimum Gasteiger partial charge on any atom is -0.355 e. The third-order valence-electron chi connectivity index (χ3n) is 3.97. The van der Waals surface area contributed by atoms with Crippen LogP contribution in [0.5, 0.6) is 0 Å². The summed E-state index contributed by atoms with van der Waals surface area (Å²) >= 11 is 1.94. The largest absolute Gasteiger partial charge is 0.355 e. The first-order valence-corrected chi connectivity index (χ1v) is 8.37. The first-order chi connectivity index (χ1) is 9.84. The lowest BCUT2D eigenvalue weighted by Gasteiger charge is -2.36. The van der Waals surface area contributed by atoms with Crippen molar-refractivity contribution in [2.45, 2.75) is 12.8 Å². The van der Waals surface area contributed by atoms with Crippen LogP contribution in [0.3, 0.4) is 0 Å². The van der Waals surface area contributed by atoms with Gasteiger partial charge >= 0.3 is 0 Å². The van der Waals surface area contributed by atoms with Crippen molar-refractivity contribution in [3.63, 3.8) is 0 Å². The van der Waals surface area contributed by atoms with Crippen LogP contribution in [0.4, 0.5) is 5.82 Å². The zero-order chi connectivity index (χ0) is 13.8. The molecule has 2 aliphatic heterocycles. The summed E-state index contributed by atoms with van der Waals surface area (Å²) in [6.45, 7) is 3.57. The molecule has 3 heterocycles. The van der Waals surface area contributed by atoms with Crippen molar-refractivity contribution in [3.8, 4) is 0 Å². The number of anilines is 1. The summed E-state index contributed by atoms with van der Waals surface area (Å²) in [5, 5.41) is 0. The summed E-state index contributed by atoms with van der Waals surface area (Å²) in [4.78, 5) is 25.3. The second-order valence-corrected chi connectivity index (χ2v) is 6.51. The van der Waals surface area contributed by atoms with Crippen molar-refractivity contribution in [2.24, 2.45) is 5.92 Å². The van der Waals surface area contributed by atoms with Crippen LogP contribution in [0.1, 0.15) is 12.8 Å². The van der Waals surface area contributed by atoms with Gasteiger partial charge in [-0.1, -0.05) is 0 Å². The molecule has 3 rings (SSSR count).